The van der Waals surface area contributed by atoms with E-state index in [1.165, 1.54) is 0 Å². The average Bonchev–Trinajstić information content (AvgIpc) is 2.54. The Hall–Kier alpha value is -2.71. The summed E-state index contributed by atoms with van der Waals surface area (Å²) >= 11 is 3.36. The molecule has 1 heterocycles. The summed E-state index contributed by atoms with van der Waals surface area (Å²) in [5, 5.41) is 9.88. The van der Waals surface area contributed by atoms with Gasteiger partial charge in [0.25, 0.3) is 5.56 Å². The summed E-state index contributed by atoms with van der Waals surface area (Å²) in [6.07, 6.45) is 1.69. The minimum Gasteiger partial charge on any atom is -0.305 e. The molecule has 3 rings (SSSR count). The number of nitriles is 1. The number of rotatable bonds is 2. The molecule has 3 aromatic rings. The summed E-state index contributed by atoms with van der Waals surface area (Å²) in [5.74, 6) is 0.272. The third kappa shape index (κ3) is 2.83. The molecule has 106 valence electrons. The van der Waals surface area contributed by atoms with Gasteiger partial charge in [-0.25, -0.2) is 4.98 Å². The van der Waals surface area contributed by atoms with Crippen LogP contribution in [0, 0.1) is 11.3 Å². The molecule has 4 nitrogen and oxygen atoms in total. The van der Waals surface area contributed by atoms with Gasteiger partial charge in [0.2, 0.25) is 0 Å². The van der Waals surface area contributed by atoms with E-state index in [0.29, 0.717) is 16.5 Å². The lowest BCUT2D eigenvalue weighted by Gasteiger charge is -2.02. The number of nitrogens with one attached hydrogen (secondary N) is 1. The minimum atomic E-state index is -0.252. The molecule has 0 saturated heterocycles. The third-order valence-corrected chi connectivity index (χ3v) is 3.70. The fourth-order valence-electron chi connectivity index (χ4n) is 2.09. The van der Waals surface area contributed by atoms with Crippen LogP contribution in [0.1, 0.15) is 11.4 Å². The minimum absolute atomic E-state index is 0.252. The van der Waals surface area contributed by atoms with Gasteiger partial charge in [0.1, 0.15) is 6.07 Å². The van der Waals surface area contributed by atoms with Crippen molar-refractivity contribution in [1.29, 1.82) is 5.26 Å². The maximum absolute atomic E-state index is 12.1. The largest absolute Gasteiger partial charge is 0.305 e. The summed E-state index contributed by atoms with van der Waals surface area (Å²) < 4.78 is 0.959. The molecule has 0 fully saturated rings. The van der Waals surface area contributed by atoms with Gasteiger partial charge in [0, 0.05) is 4.47 Å². The van der Waals surface area contributed by atoms with Crippen LogP contribution < -0.4 is 5.56 Å². The predicted molar refractivity (Wildman–Crippen MR) is 90.0 cm³/mol. The molecule has 1 N–H and O–H groups in total. The molecule has 1 aromatic heterocycles. The second-order valence-electron chi connectivity index (χ2n) is 4.65. The van der Waals surface area contributed by atoms with Crippen molar-refractivity contribution >= 4 is 38.5 Å². The van der Waals surface area contributed by atoms with Crippen molar-refractivity contribution in [3.63, 3.8) is 0 Å². The summed E-state index contributed by atoms with van der Waals surface area (Å²) in [6.45, 7) is 0. The normalized spacial score (nSPS) is 11.4. The Morgan fingerprint density at radius 1 is 1.18 bits per heavy atom. The van der Waals surface area contributed by atoms with Crippen LogP contribution in [0.25, 0.3) is 22.6 Å². The summed E-state index contributed by atoms with van der Waals surface area (Å²) in [7, 11) is 0. The van der Waals surface area contributed by atoms with E-state index in [9.17, 15) is 10.1 Å². The summed E-state index contributed by atoms with van der Waals surface area (Å²) in [6, 6.07) is 16.7. The highest BCUT2D eigenvalue weighted by Crippen LogP contribution is 2.17. The number of aromatic amines is 1. The number of hydrogen-bond acceptors (Lipinski definition) is 3. The van der Waals surface area contributed by atoms with E-state index in [1.807, 2.05) is 30.3 Å². The maximum atomic E-state index is 12.1. The molecule has 2 aromatic carbocycles. The molecule has 0 amide bonds. The van der Waals surface area contributed by atoms with Crippen molar-refractivity contribution in [2.45, 2.75) is 0 Å². The predicted octanol–water partition coefficient (Wildman–Crippen LogP) is 3.75. The van der Waals surface area contributed by atoms with Gasteiger partial charge in [0.15, 0.2) is 5.82 Å². The summed E-state index contributed by atoms with van der Waals surface area (Å²) in [5.41, 5.74) is 1.48. The van der Waals surface area contributed by atoms with Crippen LogP contribution in [0.2, 0.25) is 0 Å². The second-order valence-corrected chi connectivity index (χ2v) is 5.57. The van der Waals surface area contributed by atoms with E-state index in [2.05, 4.69) is 32.0 Å². The Balaban J connectivity index is 2.13. The highest BCUT2D eigenvalue weighted by Gasteiger charge is 2.07. The Morgan fingerprint density at radius 2 is 1.91 bits per heavy atom. The van der Waals surface area contributed by atoms with E-state index in [0.717, 1.165) is 10.0 Å². The van der Waals surface area contributed by atoms with Gasteiger partial charge in [-0.1, -0.05) is 40.2 Å². The lowest BCUT2D eigenvalue weighted by molar-refractivity contribution is 1.13. The first-order valence-corrected chi connectivity index (χ1v) is 7.33. The van der Waals surface area contributed by atoms with Crippen molar-refractivity contribution < 1.29 is 0 Å². The van der Waals surface area contributed by atoms with Crippen molar-refractivity contribution in [3.8, 4) is 6.07 Å². The molecule has 0 saturated carbocycles. The molecule has 0 bridgehead atoms. The number of para-hydroxylation sites is 1. The quantitative estimate of drug-likeness (QED) is 0.714. The molecule has 0 atom stereocenters. The first kappa shape index (κ1) is 14.2. The fourth-order valence-corrected chi connectivity index (χ4v) is 2.36. The molecule has 0 spiro atoms. The number of allylic oxidation sites excluding steroid dienone is 1. The Morgan fingerprint density at radius 3 is 2.64 bits per heavy atom. The van der Waals surface area contributed by atoms with Crippen LogP contribution in [0.5, 0.6) is 0 Å². The molecule has 0 radical (unpaired) electrons. The number of hydrogen-bond donors (Lipinski definition) is 1. The molecular formula is C17H10BrN3O. The van der Waals surface area contributed by atoms with Gasteiger partial charge in [-0.3, -0.25) is 4.79 Å². The molecular weight excluding hydrogens is 342 g/mol. The van der Waals surface area contributed by atoms with Gasteiger partial charge in [-0.2, -0.15) is 5.26 Å². The zero-order valence-electron chi connectivity index (χ0n) is 11.4. The fraction of sp³-hybridized carbons (Fsp3) is 0. The SMILES string of the molecule is N#CC(=Cc1ccc(Br)cc1)c1nc2ccccc2c(=O)[nH]1. The van der Waals surface area contributed by atoms with E-state index in [4.69, 9.17) is 0 Å². The number of nitrogens with zero attached hydrogens (tertiary/aromatic N) is 2. The van der Waals surface area contributed by atoms with Crippen LogP contribution in [-0.2, 0) is 0 Å². The lowest BCUT2D eigenvalue weighted by Crippen LogP contribution is -2.11. The molecule has 0 unspecified atom stereocenters. The first-order chi connectivity index (χ1) is 10.7. The monoisotopic (exact) mass is 351 g/mol. The average molecular weight is 352 g/mol. The van der Waals surface area contributed by atoms with Crippen LogP contribution >= 0.6 is 15.9 Å². The van der Waals surface area contributed by atoms with E-state index in [-0.39, 0.29) is 11.4 Å². The number of fused-ring (bicyclic) bond motifs is 1. The van der Waals surface area contributed by atoms with Crippen molar-refractivity contribution in [2.75, 3.05) is 0 Å². The van der Waals surface area contributed by atoms with Crippen LogP contribution in [0.4, 0.5) is 0 Å². The van der Waals surface area contributed by atoms with Gasteiger partial charge in [-0.05, 0) is 35.9 Å². The molecule has 0 aliphatic heterocycles. The standard InChI is InChI=1S/C17H10BrN3O/c18-13-7-5-11(6-8-13)9-12(10-19)16-20-15-4-2-1-3-14(15)17(22)21-16/h1-9H,(H,20,21,22). The van der Waals surface area contributed by atoms with Crippen molar-refractivity contribution in [3.05, 3.63) is 74.7 Å². The number of halogens is 1. The smallest absolute Gasteiger partial charge is 0.259 e. The number of benzene rings is 2. The zero-order valence-corrected chi connectivity index (χ0v) is 13.0. The maximum Gasteiger partial charge on any atom is 0.259 e. The van der Waals surface area contributed by atoms with Crippen LogP contribution in [0.3, 0.4) is 0 Å². The molecule has 5 heteroatoms. The molecule has 22 heavy (non-hydrogen) atoms. The van der Waals surface area contributed by atoms with Gasteiger partial charge < -0.3 is 4.98 Å². The molecule has 0 aliphatic rings. The highest BCUT2D eigenvalue weighted by atomic mass is 79.9. The van der Waals surface area contributed by atoms with E-state index in [1.54, 1.807) is 24.3 Å². The van der Waals surface area contributed by atoms with E-state index >= 15 is 0 Å². The Kier molecular flexibility index (Phi) is 3.86. The number of aromatic nitrogens is 2. The van der Waals surface area contributed by atoms with Gasteiger partial charge in [0.05, 0.1) is 16.5 Å². The number of H-pyrrole nitrogens is 1. The second kappa shape index (κ2) is 5.96. The first-order valence-electron chi connectivity index (χ1n) is 6.54. The van der Waals surface area contributed by atoms with Gasteiger partial charge in [-0.15, -0.1) is 0 Å². The molecule has 0 aliphatic carbocycles. The van der Waals surface area contributed by atoms with Crippen molar-refractivity contribution in [2.24, 2.45) is 0 Å². The topological polar surface area (TPSA) is 69.5 Å². The highest BCUT2D eigenvalue weighted by molar-refractivity contribution is 9.10. The van der Waals surface area contributed by atoms with E-state index < -0.39 is 0 Å². The lowest BCUT2D eigenvalue weighted by atomic mass is 10.1. The summed E-state index contributed by atoms with van der Waals surface area (Å²) in [4.78, 5) is 19.1. The van der Waals surface area contributed by atoms with Crippen LogP contribution in [0.15, 0.2) is 57.8 Å². The van der Waals surface area contributed by atoms with Crippen molar-refractivity contribution in [1.82, 2.24) is 9.97 Å². The van der Waals surface area contributed by atoms with Crippen LogP contribution in [-0.4, -0.2) is 9.97 Å². The zero-order chi connectivity index (χ0) is 15.5. The Labute approximate surface area is 134 Å². The van der Waals surface area contributed by atoms with Gasteiger partial charge >= 0.3 is 0 Å². The Bertz CT molecular complexity index is 966. The third-order valence-electron chi connectivity index (χ3n) is 3.17.